The second-order valence-electron chi connectivity index (χ2n) is 7.93. The zero-order valence-electron chi connectivity index (χ0n) is 14.5. The predicted molar refractivity (Wildman–Crippen MR) is 85.7 cm³/mol. The van der Waals surface area contributed by atoms with Gasteiger partial charge in [-0.05, 0) is 46.2 Å². The molecule has 1 aromatic rings. The smallest absolute Gasteiger partial charge is 0.122 e. The fourth-order valence-electron chi connectivity index (χ4n) is 2.08. The molecule has 1 aromatic heterocycles. The Bertz CT molecular complexity index is 409. The zero-order valence-corrected chi connectivity index (χ0v) is 14.5. The molecule has 0 radical (unpaired) electrons. The van der Waals surface area contributed by atoms with E-state index in [1.807, 2.05) is 0 Å². The molecule has 1 N–H and O–H groups in total. The summed E-state index contributed by atoms with van der Waals surface area (Å²) in [5, 5.41) is 3.49. The lowest BCUT2D eigenvalue weighted by molar-refractivity contribution is 0.134. The van der Waals surface area contributed by atoms with Crippen LogP contribution in [-0.4, -0.2) is 23.5 Å². The van der Waals surface area contributed by atoms with Crippen molar-refractivity contribution in [2.24, 2.45) is 5.41 Å². The van der Waals surface area contributed by atoms with Crippen LogP contribution in [0.25, 0.3) is 0 Å². The molecule has 0 spiro atoms. The van der Waals surface area contributed by atoms with E-state index in [1.54, 1.807) is 6.26 Å². The molecule has 0 saturated carbocycles. The van der Waals surface area contributed by atoms with Gasteiger partial charge >= 0.3 is 0 Å². The van der Waals surface area contributed by atoms with Crippen LogP contribution in [0.1, 0.15) is 59.8 Å². The summed E-state index contributed by atoms with van der Waals surface area (Å²) in [5.74, 6) is 1.05. The molecule has 116 valence electrons. The summed E-state index contributed by atoms with van der Waals surface area (Å²) < 4.78 is 5.64. The highest BCUT2D eigenvalue weighted by molar-refractivity contribution is 5.17. The Labute approximate surface area is 124 Å². The first-order chi connectivity index (χ1) is 9.00. The van der Waals surface area contributed by atoms with Crippen molar-refractivity contribution in [2.45, 2.75) is 73.1 Å². The second kappa shape index (κ2) is 6.31. The SMILES string of the molecule is CC(N(C)Cc1ccoc1CNC(C)(C)C)C(C)(C)C. The van der Waals surface area contributed by atoms with E-state index in [-0.39, 0.29) is 11.0 Å². The molecule has 3 heteroatoms. The molecular formula is C17H32N2O. The van der Waals surface area contributed by atoms with Crippen LogP contribution in [-0.2, 0) is 13.1 Å². The maximum absolute atomic E-state index is 5.64. The molecule has 0 fully saturated rings. The summed E-state index contributed by atoms with van der Waals surface area (Å²) in [6, 6.07) is 2.60. The number of nitrogens with one attached hydrogen (secondary N) is 1. The van der Waals surface area contributed by atoms with Crippen LogP contribution in [0.4, 0.5) is 0 Å². The van der Waals surface area contributed by atoms with Crippen LogP contribution in [0.2, 0.25) is 0 Å². The van der Waals surface area contributed by atoms with Crippen molar-refractivity contribution in [3.8, 4) is 0 Å². The third kappa shape index (κ3) is 5.29. The van der Waals surface area contributed by atoms with Crippen LogP contribution < -0.4 is 5.32 Å². The van der Waals surface area contributed by atoms with E-state index in [2.05, 4.69) is 71.8 Å². The minimum absolute atomic E-state index is 0.106. The molecule has 3 nitrogen and oxygen atoms in total. The van der Waals surface area contributed by atoms with Gasteiger partial charge in [0.2, 0.25) is 0 Å². The quantitative estimate of drug-likeness (QED) is 0.882. The molecule has 0 saturated heterocycles. The van der Waals surface area contributed by atoms with Gasteiger partial charge in [0.25, 0.3) is 0 Å². The molecule has 0 amide bonds. The molecule has 1 unspecified atom stereocenters. The summed E-state index contributed by atoms with van der Waals surface area (Å²) in [6.07, 6.45) is 1.80. The summed E-state index contributed by atoms with van der Waals surface area (Å²) in [4.78, 5) is 2.39. The van der Waals surface area contributed by atoms with Gasteiger partial charge in [0.05, 0.1) is 12.8 Å². The molecule has 0 bridgehead atoms. The highest BCUT2D eigenvalue weighted by Gasteiger charge is 2.24. The average Bonchev–Trinajstić information content (AvgIpc) is 2.70. The number of nitrogens with zero attached hydrogens (tertiary/aromatic N) is 1. The number of hydrogen-bond acceptors (Lipinski definition) is 3. The Morgan fingerprint density at radius 2 is 1.80 bits per heavy atom. The average molecular weight is 280 g/mol. The molecule has 1 atom stereocenters. The maximum Gasteiger partial charge on any atom is 0.122 e. The Balaban J connectivity index is 2.67. The van der Waals surface area contributed by atoms with Gasteiger partial charge in [0, 0.05) is 23.7 Å². The van der Waals surface area contributed by atoms with Crippen LogP contribution >= 0.6 is 0 Å². The Morgan fingerprint density at radius 3 is 2.30 bits per heavy atom. The largest absolute Gasteiger partial charge is 0.468 e. The minimum Gasteiger partial charge on any atom is -0.468 e. The molecule has 0 aliphatic carbocycles. The van der Waals surface area contributed by atoms with Crippen LogP contribution in [0.15, 0.2) is 16.7 Å². The van der Waals surface area contributed by atoms with Crippen LogP contribution in [0, 0.1) is 5.41 Å². The first-order valence-corrected chi connectivity index (χ1v) is 7.51. The summed E-state index contributed by atoms with van der Waals surface area (Å²) in [6.45, 7) is 17.4. The summed E-state index contributed by atoms with van der Waals surface area (Å²) in [7, 11) is 2.18. The summed E-state index contributed by atoms with van der Waals surface area (Å²) in [5.41, 5.74) is 1.66. The Morgan fingerprint density at radius 1 is 1.20 bits per heavy atom. The lowest BCUT2D eigenvalue weighted by Gasteiger charge is -2.35. The van der Waals surface area contributed by atoms with Crippen molar-refractivity contribution in [3.63, 3.8) is 0 Å². The molecule has 20 heavy (non-hydrogen) atoms. The Hall–Kier alpha value is -0.800. The molecule has 1 heterocycles. The van der Waals surface area contributed by atoms with Crippen molar-refractivity contribution in [3.05, 3.63) is 23.7 Å². The lowest BCUT2D eigenvalue weighted by atomic mass is 9.87. The van der Waals surface area contributed by atoms with Crippen molar-refractivity contribution in [1.29, 1.82) is 0 Å². The molecule has 0 aliphatic heterocycles. The Kier molecular flexibility index (Phi) is 5.45. The van der Waals surface area contributed by atoms with Crippen molar-refractivity contribution in [2.75, 3.05) is 7.05 Å². The van der Waals surface area contributed by atoms with E-state index in [4.69, 9.17) is 4.42 Å². The topological polar surface area (TPSA) is 28.4 Å². The van der Waals surface area contributed by atoms with Crippen molar-refractivity contribution in [1.82, 2.24) is 10.2 Å². The van der Waals surface area contributed by atoms with Gasteiger partial charge in [-0.2, -0.15) is 0 Å². The highest BCUT2D eigenvalue weighted by Crippen LogP contribution is 2.25. The molecule has 1 rings (SSSR count). The first kappa shape index (κ1) is 17.3. The highest BCUT2D eigenvalue weighted by atomic mass is 16.3. The van der Waals surface area contributed by atoms with E-state index in [9.17, 15) is 0 Å². The van der Waals surface area contributed by atoms with Gasteiger partial charge in [0.15, 0.2) is 0 Å². The van der Waals surface area contributed by atoms with Crippen molar-refractivity contribution >= 4 is 0 Å². The molecule has 0 aliphatic rings. The van der Waals surface area contributed by atoms with Gasteiger partial charge in [-0.1, -0.05) is 20.8 Å². The normalized spacial score (nSPS) is 14.8. The number of furan rings is 1. The van der Waals surface area contributed by atoms with E-state index in [1.165, 1.54) is 5.56 Å². The fourth-order valence-corrected chi connectivity index (χ4v) is 2.08. The van der Waals surface area contributed by atoms with E-state index in [0.29, 0.717) is 6.04 Å². The van der Waals surface area contributed by atoms with Crippen LogP contribution in [0.5, 0.6) is 0 Å². The zero-order chi connectivity index (χ0) is 15.6. The predicted octanol–water partition coefficient (Wildman–Crippen LogP) is 4.03. The maximum atomic E-state index is 5.64. The first-order valence-electron chi connectivity index (χ1n) is 7.51. The molecular weight excluding hydrogens is 248 g/mol. The third-order valence-corrected chi connectivity index (χ3v) is 3.95. The third-order valence-electron chi connectivity index (χ3n) is 3.95. The van der Waals surface area contributed by atoms with Gasteiger partial charge in [0.1, 0.15) is 5.76 Å². The number of hydrogen-bond donors (Lipinski definition) is 1. The standard InChI is InChI=1S/C17H32N2O/c1-13(16(2,3)4)19(8)12-14-9-10-20-15(14)11-18-17(5,6)7/h9-10,13,18H,11-12H2,1-8H3. The van der Waals surface area contributed by atoms with Crippen molar-refractivity contribution < 1.29 is 4.42 Å². The van der Waals surface area contributed by atoms with E-state index in [0.717, 1.165) is 18.8 Å². The monoisotopic (exact) mass is 280 g/mol. The van der Waals surface area contributed by atoms with Gasteiger partial charge < -0.3 is 9.73 Å². The number of rotatable bonds is 5. The fraction of sp³-hybridized carbons (Fsp3) is 0.765. The minimum atomic E-state index is 0.106. The van der Waals surface area contributed by atoms with Gasteiger partial charge in [-0.25, -0.2) is 0 Å². The second-order valence-corrected chi connectivity index (χ2v) is 7.93. The van der Waals surface area contributed by atoms with Gasteiger partial charge in [-0.3, -0.25) is 4.90 Å². The summed E-state index contributed by atoms with van der Waals surface area (Å²) >= 11 is 0. The van der Waals surface area contributed by atoms with Crippen LogP contribution in [0.3, 0.4) is 0 Å². The van der Waals surface area contributed by atoms with E-state index < -0.39 is 0 Å². The van der Waals surface area contributed by atoms with Gasteiger partial charge in [-0.15, -0.1) is 0 Å². The lowest BCUT2D eigenvalue weighted by Crippen LogP contribution is -2.39. The molecule has 0 aromatic carbocycles. The van der Waals surface area contributed by atoms with E-state index >= 15 is 0 Å².